The number of benzene rings is 3. The molecule has 0 aromatic heterocycles. The van der Waals surface area contributed by atoms with Gasteiger partial charge in [-0.25, -0.2) is 0 Å². The van der Waals surface area contributed by atoms with Crippen LogP contribution >= 0.6 is 0 Å². The van der Waals surface area contributed by atoms with E-state index in [1.54, 1.807) is 24.3 Å². The second kappa shape index (κ2) is 6.57. The molecule has 2 nitrogen and oxygen atoms in total. The van der Waals surface area contributed by atoms with Gasteiger partial charge in [0.15, 0.2) is 0 Å². The van der Waals surface area contributed by atoms with E-state index in [1.807, 2.05) is 24.3 Å². The predicted molar refractivity (Wildman–Crippen MR) is 93.0 cm³/mol. The van der Waals surface area contributed by atoms with Crippen LogP contribution in [-0.2, 0) is 6.42 Å². The summed E-state index contributed by atoms with van der Waals surface area (Å²) in [7, 11) is 0. The van der Waals surface area contributed by atoms with Gasteiger partial charge in [0.05, 0.1) is 0 Å². The number of aryl methyl sites for hydroxylation is 1. The Morgan fingerprint density at radius 3 is 1.65 bits per heavy atom. The van der Waals surface area contributed by atoms with Gasteiger partial charge in [-0.1, -0.05) is 55.5 Å². The first-order chi connectivity index (χ1) is 11.2. The maximum Gasteiger partial charge on any atom is 0.115 e. The zero-order valence-corrected chi connectivity index (χ0v) is 13.1. The molecule has 0 aliphatic heterocycles. The van der Waals surface area contributed by atoms with Crippen molar-refractivity contribution in [2.75, 3.05) is 0 Å². The SMILES string of the molecule is CCc1ccccc1C(c1ccc(O)cc1)c1ccc(O)cc1. The average molecular weight is 304 g/mol. The standard InChI is InChI=1S/C21H20O2/c1-2-15-5-3-4-6-20(15)21(16-7-11-18(22)12-8-16)17-9-13-19(23)14-10-17/h3-14,21-23H,2H2,1H3. The van der Waals surface area contributed by atoms with Gasteiger partial charge in [0.1, 0.15) is 11.5 Å². The first-order valence-electron chi connectivity index (χ1n) is 7.84. The van der Waals surface area contributed by atoms with Crippen molar-refractivity contribution in [3.63, 3.8) is 0 Å². The molecule has 0 heterocycles. The molecule has 0 saturated carbocycles. The lowest BCUT2D eigenvalue weighted by molar-refractivity contribution is 0.475. The van der Waals surface area contributed by atoms with Gasteiger partial charge in [-0.05, 0) is 52.9 Å². The molecule has 116 valence electrons. The molecule has 3 aromatic rings. The van der Waals surface area contributed by atoms with Gasteiger partial charge in [-0.15, -0.1) is 0 Å². The van der Waals surface area contributed by atoms with Crippen LogP contribution in [0.4, 0.5) is 0 Å². The zero-order chi connectivity index (χ0) is 16.2. The van der Waals surface area contributed by atoms with Crippen LogP contribution in [0.15, 0.2) is 72.8 Å². The second-order valence-electron chi connectivity index (χ2n) is 5.67. The van der Waals surface area contributed by atoms with E-state index in [-0.39, 0.29) is 17.4 Å². The predicted octanol–water partition coefficient (Wildman–Crippen LogP) is 4.84. The fourth-order valence-electron chi connectivity index (χ4n) is 3.02. The van der Waals surface area contributed by atoms with Gasteiger partial charge >= 0.3 is 0 Å². The van der Waals surface area contributed by atoms with Gasteiger partial charge in [0.25, 0.3) is 0 Å². The lowest BCUT2D eigenvalue weighted by atomic mass is 9.82. The normalized spacial score (nSPS) is 10.9. The Morgan fingerprint density at radius 1 is 0.696 bits per heavy atom. The highest BCUT2D eigenvalue weighted by Gasteiger charge is 2.19. The largest absolute Gasteiger partial charge is 0.508 e. The van der Waals surface area contributed by atoms with E-state index >= 15 is 0 Å². The fourth-order valence-corrected chi connectivity index (χ4v) is 3.02. The third kappa shape index (κ3) is 3.21. The van der Waals surface area contributed by atoms with Crippen LogP contribution in [0.2, 0.25) is 0 Å². The second-order valence-corrected chi connectivity index (χ2v) is 5.67. The molecule has 3 aromatic carbocycles. The molecule has 0 amide bonds. The maximum absolute atomic E-state index is 9.58. The minimum Gasteiger partial charge on any atom is -0.508 e. The van der Waals surface area contributed by atoms with Crippen molar-refractivity contribution in [3.05, 3.63) is 95.1 Å². The fraction of sp³-hybridized carbons (Fsp3) is 0.143. The summed E-state index contributed by atoms with van der Waals surface area (Å²) in [4.78, 5) is 0. The first kappa shape index (κ1) is 15.2. The summed E-state index contributed by atoms with van der Waals surface area (Å²) < 4.78 is 0. The summed E-state index contributed by atoms with van der Waals surface area (Å²) in [6.07, 6.45) is 0.961. The summed E-state index contributed by atoms with van der Waals surface area (Å²) in [6.45, 7) is 2.16. The molecule has 0 bridgehead atoms. The quantitative estimate of drug-likeness (QED) is 0.677. The Morgan fingerprint density at radius 2 is 1.17 bits per heavy atom. The number of phenols is 2. The summed E-state index contributed by atoms with van der Waals surface area (Å²) in [5.41, 5.74) is 4.80. The molecule has 2 heteroatoms. The molecule has 0 aliphatic carbocycles. The number of rotatable bonds is 4. The highest BCUT2D eigenvalue weighted by Crippen LogP contribution is 2.35. The Labute approximate surface area is 136 Å². The molecule has 2 N–H and O–H groups in total. The van der Waals surface area contributed by atoms with Crippen LogP contribution < -0.4 is 0 Å². The van der Waals surface area contributed by atoms with Crippen molar-refractivity contribution >= 4 is 0 Å². The van der Waals surface area contributed by atoms with Crippen molar-refractivity contribution in [1.82, 2.24) is 0 Å². The Balaban J connectivity index is 2.17. The van der Waals surface area contributed by atoms with E-state index in [2.05, 4.69) is 31.2 Å². The Bertz CT molecular complexity index is 728. The first-order valence-corrected chi connectivity index (χ1v) is 7.84. The molecule has 0 spiro atoms. The molecule has 0 fully saturated rings. The summed E-state index contributed by atoms with van der Waals surface area (Å²) in [5.74, 6) is 0.608. The zero-order valence-electron chi connectivity index (χ0n) is 13.1. The lowest BCUT2D eigenvalue weighted by Gasteiger charge is -2.21. The van der Waals surface area contributed by atoms with E-state index < -0.39 is 0 Å². The molecule has 0 radical (unpaired) electrons. The third-order valence-electron chi connectivity index (χ3n) is 4.20. The minimum absolute atomic E-state index is 0.0762. The Hall–Kier alpha value is -2.74. The van der Waals surface area contributed by atoms with Crippen LogP contribution in [0.3, 0.4) is 0 Å². The van der Waals surface area contributed by atoms with Crippen molar-refractivity contribution in [2.45, 2.75) is 19.3 Å². The third-order valence-corrected chi connectivity index (χ3v) is 4.20. The molecule has 3 rings (SSSR count). The van der Waals surface area contributed by atoms with Gasteiger partial charge in [-0.2, -0.15) is 0 Å². The molecule has 0 atom stereocenters. The van der Waals surface area contributed by atoms with Crippen molar-refractivity contribution < 1.29 is 10.2 Å². The Kier molecular flexibility index (Phi) is 4.33. The average Bonchev–Trinajstić information content (AvgIpc) is 2.59. The van der Waals surface area contributed by atoms with Crippen LogP contribution in [0.5, 0.6) is 11.5 Å². The van der Waals surface area contributed by atoms with Gasteiger partial charge in [0, 0.05) is 5.92 Å². The number of hydrogen-bond acceptors (Lipinski definition) is 2. The number of aromatic hydroxyl groups is 2. The van der Waals surface area contributed by atoms with Crippen LogP contribution in [0.25, 0.3) is 0 Å². The smallest absolute Gasteiger partial charge is 0.115 e. The molecular weight excluding hydrogens is 284 g/mol. The molecule has 0 aliphatic rings. The maximum atomic E-state index is 9.58. The highest BCUT2D eigenvalue weighted by atomic mass is 16.3. The van der Waals surface area contributed by atoms with E-state index in [4.69, 9.17) is 0 Å². The van der Waals surface area contributed by atoms with Crippen LogP contribution in [0, 0.1) is 0 Å². The van der Waals surface area contributed by atoms with Crippen molar-refractivity contribution in [1.29, 1.82) is 0 Å². The highest BCUT2D eigenvalue weighted by molar-refractivity contribution is 5.48. The van der Waals surface area contributed by atoms with Gasteiger partial charge < -0.3 is 10.2 Å². The molecule has 0 unspecified atom stereocenters. The van der Waals surface area contributed by atoms with Gasteiger partial charge in [0.2, 0.25) is 0 Å². The topological polar surface area (TPSA) is 40.5 Å². The molecular formula is C21H20O2. The molecule has 0 saturated heterocycles. The van der Waals surface area contributed by atoms with Crippen LogP contribution in [-0.4, -0.2) is 10.2 Å². The van der Waals surface area contributed by atoms with Gasteiger partial charge in [-0.3, -0.25) is 0 Å². The van der Waals surface area contributed by atoms with Crippen molar-refractivity contribution in [2.24, 2.45) is 0 Å². The van der Waals surface area contributed by atoms with Crippen LogP contribution in [0.1, 0.15) is 35.1 Å². The summed E-state index contributed by atoms with van der Waals surface area (Å²) in [5, 5.41) is 19.2. The number of hydrogen-bond donors (Lipinski definition) is 2. The number of phenolic OH excluding ortho intramolecular Hbond substituents is 2. The van der Waals surface area contributed by atoms with E-state index in [0.29, 0.717) is 0 Å². The minimum atomic E-state index is 0.0762. The molecule has 23 heavy (non-hydrogen) atoms. The van der Waals surface area contributed by atoms with E-state index in [9.17, 15) is 10.2 Å². The van der Waals surface area contributed by atoms with Crippen molar-refractivity contribution in [3.8, 4) is 11.5 Å². The monoisotopic (exact) mass is 304 g/mol. The summed E-state index contributed by atoms with van der Waals surface area (Å²) in [6, 6.07) is 23.1. The summed E-state index contributed by atoms with van der Waals surface area (Å²) >= 11 is 0. The lowest BCUT2D eigenvalue weighted by Crippen LogP contribution is -2.06. The van der Waals surface area contributed by atoms with E-state index in [0.717, 1.165) is 17.5 Å². The van der Waals surface area contributed by atoms with E-state index in [1.165, 1.54) is 11.1 Å².